The minimum Gasteiger partial charge on any atom is -0.439 e. The molecule has 2 aromatic rings. The van der Waals surface area contributed by atoms with Crippen LogP contribution in [0.4, 0.5) is 0 Å². The second-order valence-electron chi connectivity index (χ2n) is 4.48. The first-order valence-corrected chi connectivity index (χ1v) is 6.02. The number of aromatic nitrogens is 1. The molecule has 1 aromatic heterocycles. The van der Waals surface area contributed by atoms with Crippen LogP contribution in [-0.4, -0.2) is 4.98 Å². The number of hydrogen-bond acceptors (Lipinski definition) is 3. The molecule has 0 aliphatic heterocycles. The Morgan fingerprint density at radius 3 is 2.67 bits per heavy atom. The maximum absolute atomic E-state index is 5.85. The number of benzene rings is 1. The largest absolute Gasteiger partial charge is 0.439 e. The molecule has 0 aliphatic carbocycles. The Balaban J connectivity index is 2.33. The van der Waals surface area contributed by atoms with Gasteiger partial charge in [0.2, 0.25) is 5.88 Å². The van der Waals surface area contributed by atoms with Crippen molar-refractivity contribution in [3.05, 3.63) is 52.7 Å². The molecule has 0 aliphatic rings. The molecule has 0 saturated heterocycles. The maximum Gasteiger partial charge on any atom is 0.219 e. The van der Waals surface area contributed by atoms with Crippen molar-refractivity contribution in [1.29, 1.82) is 0 Å². The lowest BCUT2D eigenvalue weighted by Gasteiger charge is -2.11. The van der Waals surface area contributed by atoms with Crippen LogP contribution >= 0.6 is 0 Å². The van der Waals surface area contributed by atoms with Crippen LogP contribution in [0.1, 0.15) is 22.4 Å². The molecule has 0 saturated carbocycles. The van der Waals surface area contributed by atoms with E-state index in [1.165, 1.54) is 11.1 Å². The zero-order valence-corrected chi connectivity index (χ0v) is 11.0. The molecule has 0 amide bonds. The van der Waals surface area contributed by atoms with E-state index in [0.717, 1.165) is 17.0 Å². The van der Waals surface area contributed by atoms with Gasteiger partial charge in [-0.25, -0.2) is 4.98 Å². The van der Waals surface area contributed by atoms with E-state index in [-0.39, 0.29) is 0 Å². The molecule has 0 fully saturated rings. The molecule has 0 bridgehead atoms. The minimum atomic E-state index is 0.420. The predicted molar refractivity (Wildman–Crippen MR) is 72.9 cm³/mol. The van der Waals surface area contributed by atoms with E-state index in [9.17, 15) is 0 Å². The van der Waals surface area contributed by atoms with Gasteiger partial charge in [-0.15, -0.1) is 0 Å². The smallest absolute Gasteiger partial charge is 0.219 e. The van der Waals surface area contributed by atoms with E-state index in [1.807, 2.05) is 24.3 Å². The summed E-state index contributed by atoms with van der Waals surface area (Å²) >= 11 is 0. The molecule has 0 atom stereocenters. The number of rotatable bonds is 3. The first-order valence-electron chi connectivity index (χ1n) is 6.02. The highest BCUT2D eigenvalue weighted by Crippen LogP contribution is 2.27. The Morgan fingerprint density at radius 2 is 1.94 bits per heavy atom. The third kappa shape index (κ3) is 2.68. The summed E-state index contributed by atoms with van der Waals surface area (Å²) in [5.41, 5.74) is 9.95. The Hall–Kier alpha value is -1.87. The Bertz CT molecular complexity index is 564. The van der Waals surface area contributed by atoms with E-state index >= 15 is 0 Å². The molecule has 18 heavy (non-hydrogen) atoms. The number of ether oxygens (including phenoxy) is 1. The van der Waals surface area contributed by atoms with Crippen LogP contribution in [0.2, 0.25) is 0 Å². The summed E-state index contributed by atoms with van der Waals surface area (Å²) in [6, 6.07) is 9.81. The summed E-state index contributed by atoms with van der Waals surface area (Å²) in [4.78, 5) is 4.34. The van der Waals surface area contributed by atoms with E-state index < -0.39 is 0 Å². The zero-order chi connectivity index (χ0) is 13.1. The average molecular weight is 242 g/mol. The van der Waals surface area contributed by atoms with Gasteiger partial charge in [0.1, 0.15) is 5.75 Å². The third-order valence-corrected chi connectivity index (χ3v) is 2.97. The van der Waals surface area contributed by atoms with E-state index in [1.54, 1.807) is 0 Å². The van der Waals surface area contributed by atoms with Crippen molar-refractivity contribution in [2.45, 2.75) is 27.3 Å². The van der Waals surface area contributed by atoms with Crippen molar-refractivity contribution in [2.24, 2.45) is 5.73 Å². The average Bonchev–Trinajstić information content (AvgIpc) is 2.35. The maximum atomic E-state index is 5.85. The zero-order valence-electron chi connectivity index (χ0n) is 11.0. The van der Waals surface area contributed by atoms with Crippen molar-refractivity contribution in [3.63, 3.8) is 0 Å². The molecule has 2 rings (SSSR count). The highest BCUT2D eigenvalue weighted by atomic mass is 16.5. The number of nitrogens with two attached hydrogens (primary N) is 1. The van der Waals surface area contributed by atoms with Crippen LogP contribution < -0.4 is 10.5 Å². The second-order valence-corrected chi connectivity index (χ2v) is 4.48. The van der Waals surface area contributed by atoms with Crippen LogP contribution in [-0.2, 0) is 6.54 Å². The Morgan fingerprint density at radius 1 is 1.17 bits per heavy atom. The summed E-state index contributed by atoms with van der Waals surface area (Å²) < 4.78 is 5.85. The fraction of sp³-hybridized carbons (Fsp3) is 0.267. The quantitative estimate of drug-likeness (QED) is 0.898. The van der Waals surface area contributed by atoms with Crippen molar-refractivity contribution in [1.82, 2.24) is 4.98 Å². The lowest BCUT2D eigenvalue weighted by atomic mass is 10.1. The summed E-state index contributed by atoms with van der Waals surface area (Å²) in [5.74, 6) is 1.44. The molecule has 0 radical (unpaired) electrons. The molecule has 3 nitrogen and oxygen atoms in total. The predicted octanol–water partition coefficient (Wildman–Crippen LogP) is 3.26. The standard InChI is InChI=1S/C15H18N2O/c1-10-7-11(2)12(3)14(8-10)18-15-6-4-5-13(9-16)17-15/h4-8H,9,16H2,1-3H3. The van der Waals surface area contributed by atoms with Crippen molar-refractivity contribution in [2.75, 3.05) is 0 Å². The molecule has 0 unspecified atom stereocenters. The summed E-state index contributed by atoms with van der Waals surface area (Å²) in [6.07, 6.45) is 0. The molecule has 2 N–H and O–H groups in total. The fourth-order valence-corrected chi connectivity index (χ4v) is 1.85. The van der Waals surface area contributed by atoms with Gasteiger partial charge in [-0.3, -0.25) is 0 Å². The topological polar surface area (TPSA) is 48.1 Å². The Labute approximate surface area is 108 Å². The summed E-state index contributed by atoms with van der Waals surface area (Å²) in [6.45, 7) is 6.61. The molecule has 94 valence electrons. The lowest BCUT2D eigenvalue weighted by molar-refractivity contribution is 0.456. The highest BCUT2D eigenvalue weighted by Gasteiger charge is 2.06. The van der Waals surface area contributed by atoms with Gasteiger partial charge in [0.15, 0.2) is 0 Å². The fourth-order valence-electron chi connectivity index (χ4n) is 1.85. The van der Waals surface area contributed by atoms with Crippen LogP contribution in [0, 0.1) is 20.8 Å². The number of hydrogen-bond donors (Lipinski definition) is 1. The van der Waals surface area contributed by atoms with Crippen LogP contribution in [0.25, 0.3) is 0 Å². The third-order valence-electron chi connectivity index (χ3n) is 2.97. The van der Waals surface area contributed by atoms with Gasteiger partial charge in [0.25, 0.3) is 0 Å². The molecular weight excluding hydrogens is 224 g/mol. The second kappa shape index (κ2) is 5.19. The minimum absolute atomic E-state index is 0.420. The first-order chi connectivity index (χ1) is 8.60. The molecular formula is C15H18N2O. The number of pyridine rings is 1. The molecule has 1 heterocycles. The van der Waals surface area contributed by atoms with Gasteiger partial charge in [-0.1, -0.05) is 12.1 Å². The number of nitrogens with zero attached hydrogens (tertiary/aromatic N) is 1. The number of aryl methyl sites for hydroxylation is 2. The summed E-state index contributed by atoms with van der Waals surface area (Å²) in [5, 5.41) is 0. The van der Waals surface area contributed by atoms with Crippen LogP contribution in [0.15, 0.2) is 30.3 Å². The van der Waals surface area contributed by atoms with Crippen molar-refractivity contribution >= 4 is 0 Å². The summed E-state index contributed by atoms with van der Waals surface area (Å²) in [7, 11) is 0. The molecule has 3 heteroatoms. The van der Waals surface area contributed by atoms with E-state index in [2.05, 4.69) is 31.8 Å². The molecule has 1 aromatic carbocycles. The van der Waals surface area contributed by atoms with Gasteiger partial charge in [0.05, 0.1) is 5.69 Å². The lowest BCUT2D eigenvalue weighted by Crippen LogP contribution is -2.00. The van der Waals surface area contributed by atoms with Gasteiger partial charge in [0, 0.05) is 12.6 Å². The van der Waals surface area contributed by atoms with Crippen LogP contribution in [0.5, 0.6) is 11.6 Å². The Kier molecular flexibility index (Phi) is 3.63. The van der Waals surface area contributed by atoms with E-state index in [0.29, 0.717) is 12.4 Å². The van der Waals surface area contributed by atoms with Gasteiger partial charge in [-0.2, -0.15) is 0 Å². The normalized spacial score (nSPS) is 10.4. The SMILES string of the molecule is Cc1cc(C)c(C)c(Oc2cccc(CN)n2)c1. The van der Waals surface area contributed by atoms with Gasteiger partial charge >= 0.3 is 0 Å². The van der Waals surface area contributed by atoms with Gasteiger partial charge in [-0.05, 0) is 49.6 Å². The monoisotopic (exact) mass is 242 g/mol. The van der Waals surface area contributed by atoms with Crippen molar-refractivity contribution in [3.8, 4) is 11.6 Å². The molecule has 0 spiro atoms. The highest BCUT2D eigenvalue weighted by molar-refractivity contribution is 5.43. The van der Waals surface area contributed by atoms with Crippen molar-refractivity contribution < 1.29 is 4.74 Å². The van der Waals surface area contributed by atoms with E-state index in [4.69, 9.17) is 10.5 Å². The first kappa shape index (κ1) is 12.6. The van der Waals surface area contributed by atoms with Crippen LogP contribution in [0.3, 0.4) is 0 Å². The van der Waals surface area contributed by atoms with Gasteiger partial charge < -0.3 is 10.5 Å².